The third kappa shape index (κ3) is 2.33. The van der Waals surface area contributed by atoms with E-state index in [1.54, 1.807) is 0 Å². The lowest BCUT2D eigenvalue weighted by molar-refractivity contribution is 0.205. The monoisotopic (exact) mass is 294 g/mol. The van der Waals surface area contributed by atoms with Crippen LogP contribution in [-0.4, -0.2) is 47.4 Å². The van der Waals surface area contributed by atoms with E-state index in [9.17, 15) is 18.0 Å². The largest absolute Gasteiger partial charge is 0.341 e. The second-order valence-corrected chi connectivity index (χ2v) is 7.02. The Morgan fingerprint density at radius 3 is 2.28 bits per heavy atom. The van der Waals surface area contributed by atoms with Crippen LogP contribution in [0.5, 0.6) is 0 Å². The van der Waals surface area contributed by atoms with Crippen molar-refractivity contribution in [1.82, 2.24) is 9.21 Å². The van der Waals surface area contributed by atoms with Crippen molar-refractivity contribution in [3.05, 3.63) is 0 Å². The fraction of sp³-hybridized carbons (Fsp3) is 0.800. The summed E-state index contributed by atoms with van der Waals surface area (Å²) in [5.74, 6) is 0. The van der Waals surface area contributed by atoms with Gasteiger partial charge in [0.2, 0.25) is 10.0 Å². The number of rotatable bonds is 2. The van der Waals surface area contributed by atoms with Crippen LogP contribution in [-0.2, 0) is 10.0 Å². The van der Waals surface area contributed by atoms with Gasteiger partial charge in [-0.2, -0.15) is 0 Å². The molecule has 0 aromatic carbocycles. The summed E-state index contributed by atoms with van der Waals surface area (Å²) < 4.78 is 25.4. The molecule has 0 aromatic rings. The average Bonchev–Trinajstić information content (AvgIpc) is 2.73. The maximum atomic E-state index is 12.3. The predicted octanol–water partition coefficient (Wildman–Crippen LogP) is 1.75. The smallest absolute Gasteiger partial charge is 0.255 e. The predicted molar refractivity (Wildman–Crippen MR) is 65.8 cm³/mol. The minimum Gasteiger partial charge on any atom is -0.255 e. The van der Waals surface area contributed by atoms with Gasteiger partial charge in [0.25, 0.3) is 0 Å². The van der Waals surface area contributed by atoms with E-state index in [2.05, 4.69) is 0 Å². The maximum absolute atomic E-state index is 12.3. The Hall–Kier alpha value is -0.820. The molecule has 0 bridgehead atoms. The molecule has 0 aromatic heterocycles. The van der Waals surface area contributed by atoms with Gasteiger partial charge >= 0.3 is 11.4 Å². The molecular weight excluding hydrogens is 280 g/mol. The summed E-state index contributed by atoms with van der Waals surface area (Å²) >= 11 is 5.22. The normalized spacial score (nSPS) is 22.6. The second kappa shape index (κ2) is 5.05. The third-order valence-electron chi connectivity index (χ3n) is 3.46. The highest BCUT2D eigenvalue weighted by Crippen LogP contribution is 2.28. The Bertz CT molecular complexity index is 458. The van der Waals surface area contributed by atoms with E-state index in [0.29, 0.717) is 12.8 Å². The highest BCUT2D eigenvalue weighted by atomic mass is 35.5. The van der Waals surface area contributed by atoms with Crippen LogP contribution in [0.3, 0.4) is 0 Å². The molecule has 0 atom stereocenters. The first-order chi connectivity index (χ1) is 8.44. The summed E-state index contributed by atoms with van der Waals surface area (Å²) in [5.41, 5.74) is 0. The summed E-state index contributed by atoms with van der Waals surface area (Å²) in [6.07, 6.45) is 3.93. The number of carbonyl (C=O) groups is 2. The Labute approximate surface area is 111 Å². The van der Waals surface area contributed by atoms with Gasteiger partial charge in [0.15, 0.2) is 0 Å². The molecule has 2 rings (SSSR count). The summed E-state index contributed by atoms with van der Waals surface area (Å²) in [7, 11) is -3.65. The molecule has 1 aliphatic heterocycles. The zero-order valence-corrected chi connectivity index (χ0v) is 11.4. The number of hydrogen-bond acceptors (Lipinski definition) is 4. The van der Waals surface area contributed by atoms with Gasteiger partial charge in [-0.1, -0.05) is 19.3 Å². The lowest BCUT2D eigenvalue weighted by Gasteiger charge is -2.26. The minimum absolute atomic E-state index is 0.0100. The molecule has 0 unspecified atom stereocenters. The minimum atomic E-state index is -3.65. The molecule has 1 heterocycles. The number of imide groups is 1. The number of sulfonamides is 1. The highest BCUT2D eigenvalue weighted by Gasteiger charge is 2.43. The van der Waals surface area contributed by atoms with Gasteiger partial charge in [0, 0.05) is 0 Å². The molecule has 0 N–H and O–H groups in total. The fourth-order valence-corrected chi connectivity index (χ4v) is 4.56. The van der Waals surface area contributed by atoms with Gasteiger partial charge in [0.1, 0.15) is 0 Å². The quantitative estimate of drug-likeness (QED) is 0.574. The second-order valence-electron chi connectivity index (χ2n) is 4.56. The Morgan fingerprint density at radius 1 is 1.17 bits per heavy atom. The van der Waals surface area contributed by atoms with Crippen molar-refractivity contribution in [2.45, 2.75) is 37.4 Å². The van der Waals surface area contributed by atoms with Crippen molar-refractivity contribution in [2.24, 2.45) is 0 Å². The van der Waals surface area contributed by atoms with Crippen molar-refractivity contribution in [1.29, 1.82) is 0 Å². The molecule has 1 saturated heterocycles. The SMILES string of the molecule is O=C(Cl)N1CCN(S(=O)(=O)C2CCCCC2)C1=O. The van der Waals surface area contributed by atoms with E-state index < -0.39 is 26.7 Å². The van der Waals surface area contributed by atoms with Gasteiger partial charge in [0.05, 0.1) is 18.3 Å². The maximum Gasteiger partial charge on any atom is 0.341 e. The van der Waals surface area contributed by atoms with Crippen LogP contribution < -0.4 is 0 Å². The molecule has 1 saturated carbocycles. The van der Waals surface area contributed by atoms with Crippen LogP contribution in [0, 0.1) is 0 Å². The molecule has 8 heteroatoms. The number of urea groups is 1. The van der Waals surface area contributed by atoms with Gasteiger partial charge < -0.3 is 0 Å². The number of nitrogens with zero attached hydrogens (tertiary/aromatic N) is 2. The van der Waals surface area contributed by atoms with Crippen LogP contribution in [0.15, 0.2) is 0 Å². The molecular formula is C10H15ClN2O4S. The number of amides is 3. The van der Waals surface area contributed by atoms with Crippen molar-refractivity contribution >= 4 is 33.0 Å². The molecule has 0 radical (unpaired) electrons. The van der Waals surface area contributed by atoms with Crippen molar-refractivity contribution in [3.8, 4) is 0 Å². The van der Waals surface area contributed by atoms with E-state index in [-0.39, 0.29) is 13.1 Å². The number of halogens is 1. The fourth-order valence-electron chi connectivity index (χ4n) is 2.46. The highest BCUT2D eigenvalue weighted by molar-refractivity contribution is 7.90. The summed E-state index contributed by atoms with van der Waals surface area (Å²) in [6, 6.07) is -0.819. The Balaban J connectivity index is 2.16. The van der Waals surface area contributed by atoms with Gasteiger partial charge in [-0.15, -0.1) is 0 Å². The standard InChI is InChI=1S/C10H15ClN2O4S/c11-9(14)12-6-7-13(10(12)15)18(16,17)8-4-2-1-3-5-8/h8H,1-7H2. The van der Waals surface area contributed by atoms with Crippen LogP contribution in [0.1, 0.15) is 32.1 Å². The van der Waals surface area contributed by atoms with E-state index in [1.165, 1.54) is 0 Å². The number of hydrogen-bond donors (Lipinski definition) is 0. The molecule has 102 valence electrons. The third-order valence-corrected chi connectivity index (χ3v) is 5.93. The van der Waals surface area contributed by atoms with Crippen molar-refractivity contribution in [2.75, 3.05) is 13.1 Å². The van der Waals surface area contributed by atoms with E-state index in [1.807, 2.05) is 0 Å². The summed E-state index contributed by atoms with van der Waals surface area (Å²) in [4.78, 5) is 23.5. The van der Waals surface area contributed by atoms with E-state index in [4.69, 9.17) is 11.6 Å². The molecule has 2 aliphatic rings. The number of carbonyl (C=O) groups excluding carboxylic acids is 2. The lowest BCUT2D eigenvalue weighted by atomic mass is 10.0. The Kier molecular flexibility index (Phi) is 3.82. The molecule has 0 spiro atoms. The van der Waals surface area contributed by atoms with Gasteiger partial charge in [-0.25, -0.2) is 22.4 Å². The van der Waals surface area contributed by atoms with Crippen LogP contribution in [0.4, 0.5) is 9.59 Å². The average molecular weight is 295 g/mol. The van der Waals surface area contributed by atoms with Crippen LogP contribution in [0.25, 0.3) is 0 Å². The molecule has 2 fully saturated rings. The zero-order valence-electron chi connectivity index (χ0n) is 9.84. The van der Waals surface area contributed by atoms with Crippen molar-refractivity contribution < 1.29 is 18.0 Å². The molecule has 6 nitrogen and oxygen atoms in total. The first-order valence-electron chi connectivity index (χ1n) is 5.97. The first-order valence-corrected chi connectivity index (χ1v) is 7.85. The van der Waals surface area contributed by atoms with E-state index in [0.717, 1.165) is 28.5 Å². The zero-order chi connectivity index (χ0) is 13.3. The van der Waals surface area contributed by atoms with E-state index >= 15 is 0 Å². The molecule has 3 amide bonds. The van der Waals surface area contributed by atoms with Crippen molar-refractivity contribution in [3.63, 3.8) is 0 Å². The van der Waals surface area contributed by atoms with Crippen LogP contribution in [0.2, 0.25) is 0 Å². The first kappa shape index (κ1) is 13.6. The van der Waals surface area contributed by atoms with Gasteiger partial charge in [-0.3, -0.25) is 4.79 Å². The van der Waals surface area contributed by atoms with Crippen LogP contribution >= 0.6 is 11.6 Å². The molecule has 1 aliphatic carbocycles. The Morgan fingerprint density at radius 2 is 1.78 bits per heavy atom. The van der Waals surface area contributed by atoms with Gasteiger partial charge in [-0.05, 0) is 24.4 Å². The summed E-state index contributed by atoms with van der Waals surface area (Å²) in [5, 5.41) is -1.43. The topological polar surface area (TPSA) is 74.8 Å². The molecule has 18 heavy (non-hydrogen) atoms. The lowest BCUT2D eigenvalue weighted by Crippen LogP contribution is -2.42. The summed E-state index contributed by atoms with van der Waals surface area (Å²) in [6.45, 7) is 0.0449.